The number of likely N-dealkylation sites (N-methyl/N-ethyl adjacent to an activating group) is 1. The molecule has 0 bridgehead atoms. The van der Waals surface area contributed by atoms with Gasteiger partial charge in [0.1, 0.15) is 0 Å². The number of aliphatic carboxylic acids is 1. The van der Waals surface area contributed by atoms with Gasteiger partial charge in [0.2, 0.25) is 0 Å². The lowest BCUT2D eigenvalue weighted by Gasteiger charge is -2.33. The van der Waals surface area contributed by atoms with Crippen molar-refractivity contribution >= 4 is 12.0 Å². The summed E-state index contributed by atoms with van der Waals surface area (Å²) < 4.78 is 5.23. The van der Waals surface area contributed by atoms with E-state index < -0.39 is 11.4 Å². The highest BCUT2D eigenvalue weighted by Gasteiger charge is 2.41. The summed E-state index contributed by atoms with van der Waals surface area (Å²) in [5, 5.41) is 12.3. The molecule has 0 saturated carbocycles. The number of carbonyl (C=O) groups is 2. The first-order chi connectivity index (χ1) is 9.94. The number of likely N-dealkylation sites (tertiary alicyclic amines) is 1. The minimum atomic E-state index is -0.880. The van der Waals surface area contributed by atoms with Gasteiger partial charge >= 0.3 is 12.0 Å². The summed E-state index contributed by atoms with van der Waals surface area (Å²) in [6, 6.07) is 0.221. The summed E-state index contributed by atoms with van der Waals surface area (Å²) >= 11 is 0. The number of carboxylic acids is 1. The van der Waals surface area contributed by atoms with E-state index in [1.54, 1.807) is 4.90 Å². The molecule has 0 aromatic carbocycles. The maximum absolute atomic E-state index is 12.2. The van der Waals surface area contributed by atoms with Crippen LogP contribution in [-0.4, -0.2) is 79.9 Å². The first kappa shape index (κ1) is 16.0. The van der Waals surface area contributed by atoms with Crippen molar-refractivity contribution in [1.82, 2.24) is 15.1 Å². The van der Waals surface area contributed by atoms with Crippen LogP contribution in [0.1, 0.15) is 19.3 Å². The average molecular weight is 299 g/mol. The third kappa shape index (κ3) is 3.65. The van der Waals surface area contributed by atoms with Crippen LogP contribution in [0.4, 0.5) is 4.79 Å². The van der Waals surface area contributed by atoms with E-state index in [-0.39, 0.29) is 12.6 Å². The van der Waals surface area contributed by atoms with Gasteiger partial charge in [0.25, 0.3) is 0 Å². The minimum Gasteiger partial charge on any atom is -0.481 e. The molecule has 0 aromatic rings. The van der Waals surface area contributed by atoms with Crippen molar-refractivity contribution in [2.24, 2.45) is 5.41 Å². The second-order valence-corrected chi connectivity index (χ2v) is 6.21. The Morgan fingerprint density at radius 1 is 1.38 bits per heavy atom. The second-order valence-electron chi connectivity index (χ2n) is 6.21. The number of amides is 2. The van der Waals surface area contributed by atoms with Crippen LogP contribution in [0.15, 0.2) is 0 Å². The fourth-order valence-electron chi connectivity index (χ4n) is 2.93. The molecule has 2 aliphatic heterocycles. The van der Waals surface area contributed by atoms with E-state index in [0.717, 1.165) is 13.0 Å². The standard InChI is InChI=1S/C14H25N3O4/c1-16(2)11-3-6-17(9-11)13(20)15-10-14(12(18)19)4-7-21-8-5-14/h11H,3-10H2,1-2H3,(H,15,20)(H,18,19). The fourth-order valence-corrected chi connectivity index (χ4v) is 2.93. The van der Waals surface area contributed by atoms with Crippen molar-refractivity contribution in [3.63, 3.8) is 0 Å². The normalized spacial score (nSPS) is 25.1. The molecule has 0 radical (unpaired) electrons. The van der Waals surface area contributed by atoms with Crippen molar-refractivity contribution < 1.29 is 19.4 Å². The number of ether oxygens (including phenoxy) is 1. The molecule has 0 spiro atoms. The highest BCUT2D eigenvalue weighted by molar-refractivity contribution is 5.78. The van der Waals surface area contributed by atoms with Crippen LogP contribution in [-0.2, 0) is 9.53 Å². The molecular formula is C14H25N3O4. The molecule has 2 N–H and O–H groups in total. The average Bonchev–Trinajstić information content (AvgIpc) is 2.95. The van der Waals surface area contributed by atoms with Crippen LogP contribution in [0, 0.1) is 5.41 Å². The van der Waals surface area contributed by atoms with E-state index in [9.17, 15) is 14.7 Å². The molecule has 7 heteroatoms. The van der Waals surface area contributed by atoms with Gasteiger partial charge in [-0.3, -0.25) is 4.79 Å². The minimum absolute atomic E-state index is 0.161. The van der Waals surface area contributed by atoms with E-state index in [1.807, 2.05) is 14.1 Å². The molecule has 0 aromatic heterocycles. The molecule has 2 aliphatic rings. The van der Waals surface area contributed by atoms with E-state index >= 15 is 0 Å². The summed E-state index contributed by atoms with van der Waals surface area (Å²) in [5.41, 5.74) is -0.880. The van der Waals surface area contributed by atoms with Gasteiger partial charge in [-0.2, -0.15) is 0 Å². The molecule has 21 heavy (non-hydrogen) atoms. The molecule has 0 aliphatic carbocycles. The number of hydrogen-bond donors (Lipinski definition) is 2. The zero-order valence-corrected chi connectivity index (χ0v) is 12.8. The molecule has 2 fully saturated rings. The molecule has 2 saturated heterocycles. The largest absolute Gasteiger partial charge is 0.481 e. The zero-order valence-electron chi connectivity index (χ0n) is 12.8. The Bertz CT molecular complexity index is 394. The van der Waals surface area contributed by atoms with Gasteiger partial charge in [-0.15, -0.1) is 0 Å². The van der Waals surface area contributed by atoms with Gasteiger partial charge in [-0.05, 0) is 33.4 Å². The maximum Gasteiger partial charge on any atom is 0.317 e. The number of hydrogen-bond acceptors (Lipinski definition) is 4. The van der Waals surface area contributed by atoms with Crippen molar-refractivity contribution in [3.05, 3.63) is 0 Å². The Labute approximate surface area is 125 Å². The fraction of sp³-hybridized carbons (Fsp3) is 0.857. The van der Waals surface area contributed by atoms with E-state index in [4.69, 9.17) is 4.74 Å². The summed E-state index contributed by atoms with van der Waals surface area (Å²) in [6.07, 6.45) is 1.85. The number of rotatable bonds is 4. The molecule has 2 heterocycles. The SMILES string of the molecule is CN(C)C1CCN(C(=O)NCC2(C(=O)O)CCOCC2)C1. The lowest BCUT2D eigenvalue weighted by molar-refractivity contribution is -0.154. The van der Waals surface area contributed by atoms with E-state index in [1.165, 1.54) is 0 Å². The first-order valence-corrected chi connectivity index (χ1v) is 7.45. The number of carbonyl (C=O) groups excluding carboxylic acids is 1. The second kappa shape index (κ2) is 6.62. The maximum atomic E-state index is 12.2. The third-order valence-electron chi connectivity index (χ3n) is 4.66. The van der Waals surface area contributed by atoms with Gasteiger partial charge in [-0.25, -0.2) is 4.79 Å². The lowest BCUT2D eigenvalue weighted by Crippen LogP contribution is -2.49. The first-order valence-electron chi connectivity index (χ1n) is 7.45. The molecule has 1 atom stereocenters. The van der Waals surface area contributed by atoms with Crippen LogP contribution in [0.3, 0.4) is 0 Å². The highest BCUT2D eigenvalue weighted by Crippen LogP contribution is 2.30. The number of nitrogens with zero attached hydrogens (tertiary/aromatic N) is 2. The summed E-state index contributed by atoms with van der Waals surface area (Å²) in [4.78, 5) is 27.6. The van der Waals surface area contributed by atoms with E-state index in [0.29, 0.717) is 38.6 Å². The Kier molecular flexibility index (Phi) is 5.05. The van der Waals surface area contributed by atoms with Gasteiger partial charge in [0, 0.05) is 38.9 Å². The van der Waals surface area contributed by atoms with Gasteiger partial charge < -0.3 is 25.0 Å². The van der Waals surface area contributed by atoms with Crippen molar-refractivity contribution in [2.75, 3.05) is 46.9 Å². The van der Waals surface area contributed by atoms with Crippen LogP contribution < -0.4 is 5.32 Å². The Morgan fingerprint density at radius 2 is 2.05 bits per heavy atom. The topological polar surface area (TPSA) is 82.1 Å². The monoisotopic (exact) mass is 299 g/mol. The van der Waals surface area contributed by atoms with Crippen molar-refractivity contribution in [3.8, 4) is 0 Å². The van der Waals surface area contributed by atoms with Crippen LogP contribution in [0.5, 0.6) is 0 Å². The zero-order chi connectivity index (χ0) is 15.5. The molecule has 120 valence electrons. The van der Waals surface area contributed by atoms with Gasteiger partial charge in [0.15, 0.2) is 0 Å². The van der Waals surface area contributed by atoms with Crippen LogP contribution >= 0.6 is 0 Å². The third-order valence-corrected chi connectivity index (χ3v) is 4.66. The predicted molar refractivity (Wildman–Crippen MR) is 77.2 cm³/mol. The van der Waals surface area contributed by atoms with Crippen LogP contribution in [0.25, 0.3) is 0 Å². The Hall–Kier alpha value is -1.34. The highest BCUT2D eigenvalue weighted by atomic mass is 16.5. The van der Waals surface area contributed by atoms with Gasteiger partial charge in [-0.1, -0.05) is 0 Å². The Morgan fingerprint density at radius 3 is 2.57 bits per heavy atom. The smallest absolute Gasteiger partial charge is 0.317 e. The number of nitrogens with one attached hydrogen (secondary N) is 1. The van der Waals surface area contributed by atoms with E-state index in [2.05, 4.69) is 10.2 Å². The van der Waals surface area contributed by atoms with Gasteiger partial charge in [0.05, 0.1) is 5.41 Å². The predicted octanol–water partition coefficient (Wildman–Crippen LogP) is 0.213. The quantitative estimate of drug-likeness (QED) is 0.775. The number of urea groups is 1. The molecular weight excluding hydrogens is 274 g/mol. The number of carboxylic acid groups (broad SMARTS) is 1. The van der Waals surface area contributed by atoms with Crippen LogP contribution in [0.2, 0.25) is 0 Å². The van der Waals surface area contributed by atoms with Crippen molar-refractivity contribution in [2.45, 2.75) is 25.3 Å². The Balaban J connectivity index is 1.86. The molecule has 2 amide bonds. The summed E-state index contributed by atoms with van der Waals surface area (Å²) in [7, 11) is 4.01. The molecule has 7 nitrogen and oxygen atoms in total. The summed E-state index contributed by atoms with van der Waals surface area (Å²) in [6.45, 7) is 2.47. The van der Waals surface area contributed by atoms with Crippen molar-refractivity contribution in [1.29, 1.82) is 0 Å². The molecule has 1 unspecified atom stereocenters. The lowest BCUT2D eigenvalue weighted by atomic mass is 9.80. The molecule has 2 rings (SSSR count). The summed E-state index contributed by atoms with van der Waals surface area (Å²) in [5.74, 6) is -0.848.